The predicted molar refractivity (Wildman–Crippen MR) is 79.1 cm³/mol. The summed E-state index contributed by atoms with van der Waals surface area (Å²) in [5.41, 5.74) is 3.88. The van der Waals surface area contributed by atoms with Gasteiger partial charge in [-0.15, -0.1) is 0 Å². The summed E-state index contributed by atoms with van der Waals surface area (Å²) in [6.07, 6.45) is 0. The molecule has 0 fully saturated rings. The maximum atomic E-state index is 4.69. The van der Waals surface area contributed by atoms with Crippen LogP contribution in [0, 0.1) is 0 Å². The molecule has 2 nitrogen and oxygen atoms in total. The number of rotatable bonds is 3. The van der Waals surface area contributed by atoms with E-state index < -0.39 is 0 Å². The average Bonchev–Trinajstić information content (AvgIpc) is 2.82. The van der Waals surface area contributed by atoms with Gasteiger partial charge in [0.2, 0.25) is 0 Å². The van der Waals surface area contributed by atoms with E-state index in [2.05, 4.69) is 72.6 Å². The molecule has 2 aromatic carbocycles. The van der Waals surface area contributed by atoms with Crippen molar-refractivity contribution in [1.29, 1.82) is 0 Å². The fourth-order valence-electron chi connectivity index (χ4n) is 2.60. The van der Waals surface area contributed by atoms with Gasteiger partial charge in [-0.3, -0.25) is 5.01 Å². The Kier molecular flexibility index (Phi) is 3.32. The van der Waals surface area contributed by atoms with Crippen molar-refractivity contribution in [2.24, 2.45) is 5.10 Å². The highest BCUT2D eigenvalue weighted by molar-refractivity contribution is 5.90. The van der Waals surface area contributed by atoms with Crippen molar-refractivity contribution in [3.63, 3.8) is 0 Å². The van der Waals surface area contributed by atoms with Crippen LogP contribution in [0.15, 0.2) is 65.8 Å². The lowest BCUT2D eigenvalue weighted by Gasteiger charge is -2.16. The van der Waals surface area contributed by atoms with E-state index in [0.717, 1.165) is 13.1 Å². The Morgan fingerprint density at radius 1 is 1.00 bits per heavy atom. The first-order chi connectivity index (χ1) is 9.33. The lowest BCUT2D eigenvalue weighted by molar-refractivity contribution is 0.302. The lowest BCUT2D eigenvalue weighted by Crippen LogP contribution is -2.17. The molecule has 1 heterocycles. The Morgan fingerprint density at radius 3 is 2.32 bits per heavy atom. The number of hydrazone groups is 1. The highest BCUT2D eigenvalue weighted by Gasteiger charge is 2.24. The molecule has 0 N–H and O–H groups in total. The third kappa shape index (κ3) is 2.68. The summed E-state index contributed by atoms with van der Waals surface area (Å²) in [5.74, 6) is 0.435. The molecule has 1 aliphatic heterocycles. The third-order valence-corrected chi connectivity index (χ3v) is 3.61. The fourth-order valence-corrected chi connectivity index (χ4v) is 2.60. The normalized spacial score (nSPS) is 18.5. The molecule has 3 rings (SSSR count). The minimum absolute atomic E-state index is 0.435. The van der Waals surface area contributed by atoms with E-state index in [-0.39, 0.29) is 0 Å². The van der Waals surface area contributed by atoms with Crippen LogP contribution in [0.4, 0.5) is 0 Å². The van der Waals surface area contributed by atoms with Crippen LogP contribution in [0.5, 0.6) is 0 Å². The van der Waals surface area contributed by atoms with E-state index in [1.807, 2.05) is 0 Å². The summed E-state index contributed by atoms with van der Waals surface area (Å²) in [4.78, 5) is 0. The molecule has 2 heteroatoms. The Hall–Kier alpha value is -2.09. The molecular weight excluding hydrogens is 232 g/mol. The predicted octanol–water partition coefficient (Wildman–Crippen LogP) is 3.66. The Bertz CT molecular complexity index is 560. The Balaban J connectivity index is 1.72. The van der Waals surface area contributed by atoms with Gasteiger partial charge in [-0.25, -0.2) is 0 Å². The summed E-state index contributed by atoms with van der Waals surface area (Å²) in [7, 11) is 0. The summed E-state index contributed by atoms with van der Waals surface area (Å²) in [6, 6.07) is 21.2. The zero-order valence-corrected chi connectivity index (χ0v) is 11.2. The quantitative estimate of drug-likeness (QED) is 0.811. The summed E-state index contributed by atoms with van der Waals surface area (Å²) in [6.45, 7) is 3.99. The van der Waals surface area contributed by atoms with Gasteiger partial charge < -0.3 is 0 Å². The van der Waals surface area contributed by atoms with Gasteiger partial charge in [-0.1, -0.05) is 60.7 Å². The van der Waals surface area contributed by atoms with E-state index in [4.69, 9.17) is 5.10 Å². The molecule has 0 radical (unpaired) electrons. The van der Waals surface area contributed by atoms with Crippen LogP contribution in [0.1, 0.15) is 24.0 Å². The van der Waals surface area contributed by atoms with Crippen molar-refractivity contribution < 1.29 is 0 Å². The molecule has 1 atom stereocenters. The van der Waals surface area contributed by atoms with Crippen LogP contribution in [0.3, 0.4) is 0 Å². The molecule has 0 saturated carbocycles. The van der Waals surface area contributed by atoms with Gasteiger partial charge in [0.15, 0.2) is 0 Å². The zero-order chi connectivity index (χ0) is 13.1. The molecule has 0 amide bonds. The molecule has 0 aromatic heterocycles. The number of hydrogen-bond donors (Lipinski definition) is 0. The molecule has 0 bridgehead atoms. The first-order valence-electron chi connectivity index (χ1n) is 6.72. The Morgan fingerprint density at radius 2 is 1.63 bits per heavy atom. The fraction of sp³-hybridized carbons (Fsp3) is 0.235. The molecule has 0 saturated heterocycles. The Labute approximate surface area is 114 Å². The highest BCUT2D eigenvalue weighted by Crippen LogP contribution is 2.25. The second-order valence-electron chi connectivity index (χ2n) is 5.04. The minimum Gasteiger partial charge on any atom is -0.292 e. The maximum Gasteiger partial charge on any atom is 0.0611 e. The van der Waals surface area contributed by atoms with E-state index in [0.29, 0.717) is 5.92 Å². The van der Waals surface area contributed by atoms with E-state index in [1.165, 1.54) is 16.8 Å². The summed E-state index contributed by atoms with van der Waals surface area (Å²) < 4.78 is 0. The first-order valence-corrected chi connectivity index (χ1v) is 6.72. The number of hydrogen-bond acceptors (Lipinski definition) is 2. The molecule has 19 heavy (non-hydrogen) atoms. The van der Waals surface area contributed by atoms with Crippen LogP contribution in [-0.2, 0) is 6.54 Å². The summed E-state index contributed by atoms with van der Waals surface area (Å²) in [5, 5.41) is 6.86. The molecule has 2 aromatic rings. The monoisotopic (exact) mass is 250 g/mol. The van der Waals surface area contributed by atoms with Crippen molar-refractivity contribution in [3.05, 3.63) is 71.8 Å². The minimum atomic E-state index is 0.435. The van der Waals surface area contributed by atoms with Crippen LogP contribution < -0.4 is 0 Å². The van der Waals surface area contributed by atoms with Crippen molar-refractivity contribution >= 4 is 5.71 Å². The lowest BCUT2D eigenvalue weighted by atomic mass is 9.96. The highest BCUT2D eigenvalue weighted by atomic mass is 15.5. The number of nitrogens with zero attached hydrogens (tertiary/aromatic N) is 2. The van der Waals surface area contributed by atoms with Crippen LogP contribution in [0.2, 0.25) is 0 Å². The zero-order valence-electron chi connectivity index (χ0n) is 11.2. The molecule has 0 spiro atoms. The SMILES string of the molecule is CC1=NN(Cc2ccccc2)CC1c1ccccc1. The largest absolute Gasteiger partial charge is 0.292 e. The van der Waals surface area contributed by atoms with Crippen molar-refractivity contribution in [3.8, 4) is 0 Å². The van der Waals surface area contributed by atoms with Gasteiger partial charge in [-0.05, 0) is 18.1 Å². The molecule has 0 aliphatic carbocycles. The average molecular weight is 250 g/mol. The van der Waals surface area contributed by atoms with E-state index in [1.54, 1.807) is 0 Å². The smallest absolute Gasteiger partial charge is 0.0611 e. The van der Waals surface area contributed by atoms with Crippen LogP contribution in [0.25, 0.3) is 0 Å². The van der Waals surface area contributed by atoms with E-state index >= 15 is 0 Å². The topological polar surface area (TPSA) is 15.6 Å². The van der Waals surface area contributed by atoms with Crippen LogP contribution >= 0.6 is 0 Å². The van der Waals surface area contributed by atoms with Crippen molar-refractivity contribution in [1.82, 2.24) is 5.01 Å². The van der Waals surface area contributed by atoms with Gasteiger partial charge in [0.25, 0.3) is 0 Å². The van der Waals surface area contributed by atoms with Gasteiger partial charge in [-0.2, -0.15) is 5.10 Å². The second kappa shape index (κ2) is 5.27. The third-order valence-electron chi connectivity index (χ3n) is 3.61. The number of benzene rings is 2. The molecular formula is C17H18N2. The van der Waals surface area contributed by atoms with Gasteiger partial charge in [0, 0.05) is 18.2 Å². The molecule has 1 unspecified atom stereocenters. The van der Waals surface area contributed by atoms with Crippen molar-refractivity contribution in [2.75, 3.05) is 6.54 Å². The van der Waals surface area contributed by atoms with Gasteiger partial charge in [0.1, 0.15) is 0 Å². The molecule has 96 valence electrons. The van der Waals surface area contributed by atoms with Gasteiger partial charge in [0.05, 0.1) is 6.54 Å². The van der Waals surface area contributed by atoms with Crippen LogP contribution in [-0.4, -0.2) is 17.3 Å². The first kappa shape index (κ1) is 12.0. The van der Waals surface area contributed by atoms with E-state index in [9.17, 15) is 0 Å². The van der Waals surface area contributed by atoms with Crippen molar-refractivity contribution in [2.45, 2.75) is 19.4 Å². The maximum absolute atomic E-state index is 4.69. The second-order valence-corrected chi connectivity index (χ2v) is 5.04. The standard InChI is InChI=1S/C17H18N2/c1-14-17(16-10-6-3-7-11-16)13-19(18-14)12-15-8-4-2-5-9-15/h2-11,17H,12-13H2,1H3. The molecule has 1 aliphatic rings. The van der Waals surface area contributed by atoms with Gasteiger partial charge >= 0.3 is 0 Å². The summed E-state index contributed by atoms with van der Waals surface area (Å²) >= 11 is 0.